The van der Waals surface area contributed by atoms with Gasteiger partial charge in [-0.3, -0.25) is 9.88 Å². The molecule has 0 spiro atoms. The second kappa shape index (κ2) is 12.9. The lowest BCUT2D eigenvalue weighted by atomic mass is 9.81. The summed E-state index contributed by atoms with van der Waals surface area (Å²) in [6.45, 7) is 17.2. The summed E-state index contributed by atoms with van der Waals surface area (Å²) >= 11 is 0. The third kappa shape index (κ3) is 7.20. The molecule has 1 fully saturated rings. The predicted molar refractivity (Wildman–Crippen MR) is 176 cm³/mol. The lowest BCUT2D eigenvalue weighted by molar-refractivity contribution is -0.160. The van der Waals surface area contributed by atoms with Gasteiger partial charge in [0.2, 0.25) is 0 Å². The third-order valence-electron chi connectivity index (χ3n) is 9.27. The molecule has 0 amide bonds. The van der Waals surface area contributed by atoms with Gasteiger partial charge in [-0.25, -0.2) is 13.6 Å². The van der Waals surface area contributed by atoms with Gasteiger partial charge in [-0.05, 0) is 82.1 Å². The van der Waals surface area contributed by atoms with E-state index in [4.69, 9.17) is 14.5 Å². The van der Waals surface area contributed by atoms with Crippen molar-refractivity contribution >= 4 is 11.7 Å². The molecule has 46 heavy (non-hydrogen) atoms. The minimum absolute atomic E-state index is 0.103. The number of benzene rings is 2. The number of hydrogen-bond donors (Lipinski definition) is 1. The van der Waals surface area contributed by atoms with Crippen molar-refractivity contribution in [1.29, 1.82) is 0 Å². The molecule has 0 aliphatic carbocycles. The number of halogens is 2. The molecule has 2 aromatic carbocycles. The van der Waals surface area contributed by atoms with Crippen LogP contribution in [0, 0.1) is 30.9 Å². The number of aryl methyl sites for hydroxylation is 2. The van der Waals surface area contributed by atoms with Gasteiger partial charge in [0.1, 0.15) is 5.82 Å². The van der Waals surface area contributed by atoms with Gasteiger partial charge >= 0.3 is 5.97 Å². The van der Waals surface area contributed by atoms with Crippen LogP contribution in [0.3, 0.4) is 0 Å². The largest absolute Gasteiger partial charge is 0.494 e. The fourth-order valence-electron chi connectivity index (χ4n) is 6.75. The minimum atomic E-state index is -1.17. The van der Waals surface area contributed by atoms with Crippen LogP contribution < -0.4 is 9.64 Å². The zero-order valence-electron chi connectivity index (χ0n) is 28.4. The van der Waals surface area contributed by atoms with E-state index in [1.807, 2.05) is 34.6 Å². The van der Waals surface area contributed by atoms with Gasteiger partial charge < -0.3 is 19.5 Å². The molecule has 3 heterocycles. The van der Waals surface area contributed by atoms with Crippen molar-refractivity contribution in [2.45, 2.75) is 92.5 Å². The standard InChI is InChI=1S/C37H47F2N3O4/c1-22-31(25-9-10-26-20-41(14-11-24(26)17-25)21-27-18-29(39)30(45-8)19-28(27)38)33(42-15-12-37(6,7)13-16-42)32(23(2)40-22)34(35(43)44)46-36(3,4)5/h9-10,17-19,34H,11-16,20-21H2,1-8H3,(H,43,44). The molecule has 0 saturated carbocycles. The molecule has 2 aliphatic rings. The Bertz CT molecular complexity index is 1620. The van der Waals surface area contributed by atoms with Crippen LogP contribution in [0.2, 0.25) is 0 Å². The first kappa shape index (κ1) is 33.8. The molecule has 1 aromatic heterocycles. The van der Waals surface area contributed by atoms with Crippen LogP contribution in [-0.4, -0.2) is 53.3 Å². The highest BCUT2D eigenvalue weighted by Gasteiger charge is 2.36. The number of pyridine rings is 1. The molecule has 0 radical (unpaired) electrons. The number of piperidine rings is 1. The predicted octanol–water partition coefficient (Wildman–Crippen LogP) is 7.78. The van der Waals surface area contributed by atoms with Crippen molar-refractivity contribution < 1.29 is 28.2 Å². The van der Waals surface area contributed by atoms with E-state index in [0.717, 1.165) is 66.5 Å². The Kier molecular flexibility index (Phi) is 9.49. The highest BCUT2D eigenvalue weighted by atomic mass is 19.1. The maximum absolute atomic E-state index is 14.7. The summed E-state index contributed by atoms with van der Waals surface area (Å²) in [5.74, 6) is -2.20. The van der Waals surface area contributed by atoms with E-state index in [1.165, 1.54) is 18.7 Å². The first-order valence-electron chi connectivity index (χ1n) is 16.1. The second-order valence-corrected chi connectivity index (χ2v) is 14.5. The van der Waals surface area contributed by atoms with E-state index in [2.05, 4.69) is 41.8 Å². The maximum Gasteiger partial charge on any atom is 0.337 e. The van der Waals surface area contributed by atoms with Gasteiger partial charge in [0.15, 0.2) is 17.7 Å². The molecular weight excluding hydrogens is 588 g/mol. The number of methoxy groups -OCH3 is 1. The summed E-state index contributed by atoms with van der Waals surface area (Å²) in [5.41, 5.74) is 7.07. The van der Waals surface area contributed by atoms with Crippen LogP contribution in [0.15, 0.2) is 30.3 Å². The first-order chi connectivity index (χ1) is 21.6. The summed E-state index contributed by atoms with van der Waals surface area (Å²) in [7, 11) is 1.32. The quantitative estimate of drug-likeness (QED) is 0.271. The Labute approximate surface area is 271 Å². The maximum atomic E-state index is 14.7. The van der Waals surface area contributed by atoms with Crippen molar-refractivity contribution in [3.8, 4) is 16.9 Å². The van der Waals surface area contributed by atoms with E-state index in [9.17, 15) is 18.7 Å². The molecule has 5 rings (SSSR count). The summed E-state index contributed by atoms with van der Waals surface area (Å²) < 4.78 is 40.2. The molecule has 0 bridgehead atoms. The summed E-state index contributed by atoms with van der Waals surface area (Å²) in [6, 6.07) is 8.69. The average Bonchev–Trinajstić information content (AvgIpc) is 2.97. The molecule has 7 nitrogen and oxygen atoms in total. The lowest BCUT2D eigenvalue weighted by Crippen LogP contribution is -2.39. The molecular formula is C37H47F2N3O4. The van der Waals surface area contributed by atoms with Crippen LogP contribution in [0.25, 0.3) is 11.1 Å². The Hall–Kier alpha value is -3.56. The third-order valence-corrected chi connectivity index (χ3v) is 9.27. The molecule has 3 aromatic rings. The number of carboxylic acid groups (broad SMARTS) is 1. The lowest BCUT2D eigenvalue weighted by Gasteiger charge is -2.41. The smallest absolute Gasteiger partial charge is 0.337 e. The van der Waals surface area contributed by atoms with E-state index in [-0.39, 0.29) is 17.7 Å². The number of ether oxygens (including phenoxy) is 2. The summed E-state index contributed by atoms with van der Waals surface area (Å²) in [5, 5.41) is 10.5. The second-order valence-electron chi connectivity index (χ2n) is 14.5. The topological polar surface area (TPSA) is 75.1 Å². The van der Waals surface area contributed by atoms with Crippen molar-refractivity contribution in [1.82, 2.24) is 9.88 Å². The van der Waals surface area contributed by atoms with Gasteiger partial charge in [-0.15, -0.1) is 0 Å². The van der Waals surface area contributed by atoms with Gasteiger partial charge in [0, 0.05) is 66.9 Å². The Balaban J connectivity index is 1.54. The molecule has 9 heteroatoms. The number of aromatic nitrogens is 1. The summed E-state index contributed by atoms with van der Waals surface area (Å²) in [6.07, 6.45) is 1.55. The van der Waals surface area contributed by atoms with Crippen LogP contribution in [0.1, 0.15) is 87.2 Å². The van der Waals surface area contributed by atoms with E-state index >= 15 is 0 Å². The fraction of sp³-hybridized carbons (Fsp3) is 0.514. The molecule has 1 atom stereocenters. The zero-order valence-corrected chi connectivity index (χ0v) is 28.4. The number of anilines is 1. The molecule has 1 unspecified atom stereocenters. The van der Waals surface area contributed by atoms with E-state index < -0.39 is 29.3 Å². The first-order valence-corrected chi connectivity index (χ1v) is 16.1. The van der Waals surface area contributed by atoms with Gasteiger partial charge in [-0.2, -0.15) is 0 Å². The molecule has 248 valence electrons. The number of carbonyl (C=O) groups is 1. The fourth-order valence-corrected chi connectivity index (χ4v) is 6.75. The van der Waals surface area contributed by atoms with Crippen LogP contribution in [0.5, 0.6) is 5.75 Å². The number of aliphatic carboxylic acids is 1. The van der Waals surface area contributed by atoms with Gasteiger partial charge in [-0.1, -0.05) is 32.0 Å². The van der Waals surface area contributed by atoms with E-state index in [1.54, 1.807) is 0 Å². The Morgan fingerprint density at radius 3 is 2.35 bits per heavy atom. The van der Waals surface area contributed by atoms with Crippen LogP contribution in [0.4, 0.5) is 14.5 Å². The van der Waals surface area contributed by atoms with Gasteiger partial charge in [0.05, 0.1) is 18.4 Å². The van der Waals surface area contributed by atoms with Crippen molar-refractivity contribution in [2.75, 3.05) is 31.6 Å². The van der Waals surface area contributed by atoms with E-state index in [0.29, 0.717) is 29.9 Å². The molecule has 1 saturated heterocycles. The van der Waals surface area contributed by atoms with Gasteiger partial charge in [0.25, 0.3) is 0 Å². The Morgan fingerprint density at radius 2 is 1.72 bits per heavy atom. The van der Waals surface area contributed by atoms with Crippen molar-refractivity contribution in [2.24, 2.45) is 5.41 Å². The highest BCUT2D eigenvalue weighted by Crippen LogP contribution is 2.45. The number of carboxylic acids is 1. The van der Waals surface area contributed by atoms with Crippen molar-refractivity contribution in [3.63, 3.8) is 0 Å². The summed E-state index contributed by atoms with van der Waals surface area (Å²) in [4.78, 5) is 22.2. The van der Waals surface area contributed by atoms with Crippen LogP contribution >= 0.6 is 0 Å². The molecule has 1 N–H and O–H groups in total. The number of fused-ring (bicyclic) bond motifs is 1. The molecule has 2 aliphatic heterocycles. The van der Waals surface area contributed by atoms with Crippen molar-refractivity contribution in [3.05, 3.63) is 75.6 Å². The minimum Gasteiger partial charge on any atom is -0.494 e. The monoisotopic (exact) mass is 635 g/mol. The normalized spacial score (nSPS) is 17.5. The van der Waals surface area contributed by atoms with Crippen LogP contribution in [-0.2, 0) is 29.0 Å². The number of nitrogens with zero attached hydrogens (tertiary/aromatic N) is 3. The number of hydrogen-bond acceptors (Lipinski definition) is 6. The number of rotatable bonds is 8. The SMILES string of the molecule is COc1cc(F)c(CN2CCc3cc(-c4c(C)nc(C)c(C(OC(C)(C)C)C(=O)O)c4N4CCC(C)(C)CC4)ccc3C2)cc1F. The average molecular weight is 636 g/mol. The zero-order chi connectivity index (χ0) is 33.6. The Morgan fingerprint density at radius 1 is 1.02 bits per heavy atom. The highest BCUT2D eigenvalue weighted by molar-refractivity contribution is 5.88.